The zero-order valence-corrected chi connectivity index (χ0v) is 16.8. The first-order chi connectivity index (χ1) is 13.2. The van der Waals surface area contributed by atoms with E-state index in [0.29, 0.717) is 0 Å². The molecule has 1 fully saturated rings. The summed E-state index contributed by atoms with van der Waals surface area (Å²) in [6, 6.07) is 0. The third kappa shape index (κ3) is 4.38. The van der Waals surface area contributed by atoms with Crippen molar-refractivity contribution in [2.24, 2.45) is 0 Å². The van der Waals surface area contributed by atoms with Crippen molar-refractivity contribution >= 4 is 40.0 Å². The van der Waals surface area contributed by atoms with E-state index in [-0.39, 0.29) is 0 Å². The maximum absolute atomic E-state index is 13.1. The fourth-order valence-corrected chi connectivity index (χ4v) is 1.91. The molecule has 0 nitrogen and oxygen atoms in total. The predicted molar refractivity (Wildman–Crippen MR) is 74.0 cm³/mol. The summed E-state index contributed by atoms with van der Waals surface area (Å²) >= 11 is 14.8. The van der Waals surface area contributed by atoms with Crippen LogP contribution in [0.25, 0.3) is 0 Å². The molecule has 1 rings (SSSR count). The number of hydrogen-bond donors (Lipinski definition) is 0. The van der Waals surface area contributed by atoms with Crippen LogP contribution in [-0.2, 0) is 0 Å². The van der Waals surface area contributed by atoms with Gasteiger partial charge in [-0.25, -0.2) is 13.2 Å². The van der Waals surface area contributed by atoms with Crippen LogP contribution in [0.15, 0.2) is 0 Å². The molecule has 0 aliphatic heterocycles. The maximum Gasteiger partial charge on any atom is 0.384 e. The summed E-state index contributed by atoms with van der Waals surface area (Å²) in [5.74, 6) is -55.3. The van der Waals surface area contributed by atoms with Crippen molar-refractivity contribution in [1.82, 2.24) is 0 Å². The zero-order chi connectivity index (χ0) is 25.8. The van der Waals surface area contributed by atoms with Crippen molar-refractivity contribution in [2.75, 3.05) is 0 Å². The molecule has 31 heavy (non-hydrogen) atoms. The number of hydrogen-bond acceptors (Lipinski definition) is 0. The average molecular weight is 582 g/mol. The number of alkyl halides is 17. The van der Waals surface area contributed by atoms with Gasteiger partial charge in [-0.15, -0.1) is 33.2 Å². The molecule has 0 saturated heterocycles. The number of rotatable bonds is 0. The third-order valence-corrected chi connectivity index (χ3v) is 3.65. The van der Waals surface area contributed by atoms with Crippen molar-refractivity contribution in [3.05, 3.63) is 0 Å². The van der Waals surface area contributed by atoms with Gasteiger partial charge in [0.1, 0.15) is 0 Å². The summed E-state index contributed by atoms with van der Waals surface area (Å²) in [6.45, 7) is -1.72. The first-order valence-electron chi connectivity index (χ1n) is 6.69. The van der Waals surface area contributed by atoms with Gasteiger partial charge in [0.05, 0.1) is 0 Å². The number of halogens is 20. The molecule has 0 radical (unpaired) electrons. The van der Waals surface area contributed by atoms with E-state index in [2.05, 4.69) is 0 Å². The molecule has 0 aromatic rings. The normalized spacial score (nSPS) is 34.9. The van der Waals surface area contributed by atoms with Crippen LogP contribution in [0.4, 0.5) is 74.6 Å². The highest BCUT2D eigenvalue weighted by molar-refractivity contribution is 7.54. The van der Waals surface area contributed by atoms with Gasteiger partial charge in [-0.3, -0.25) is 0 Å². The summed E-state index contributed by atoms with van der Waals surface area (Å²) in [6.07, 6.45) is -18.1. The first kappa shape index (κ1) is 30.9. The lowest BCUT2D eigenvalue weighted by Crippen LogP contribution is -2.76. The Labute approximate surface area is 175 Å². The predicted octanol–water partition coefficient (Wildman–Crippen LogP) is 6.88. The fourth-order valence-electron chi connectivity index (χ4n) is 1.91. The molecule has 3 unspecified atom stereocenters. The van der Waals surface area contributed by atoms with Crippen LogP contribution in [0.3, 0.4) is 0 Å². The highest BCUT2D eigenvalue weighted by Crippen LogP contribution is 2.63. The Morgan fingerprint density at radius 1 is 0.452 bits per heavy atom. The van der Waals surface area contributed by atoms with E-state index in [0.717, 1.165) is 0 Å². The minimum Gasteiger partial charge on any atom is -0.237 e. The van der Waals surface area contributed by atoms with Crippen LogP contribution in [0, 0.1) is 0 Å². The summed E-state index contributed by atoms with van der Waals surface area (Å²) in [5, 5.41) is 0. The second kappa shape index (κ2) is 8.59. The van der Waals surface area contributed by atoms with Gasteiger partial charge in [0, 0.05) is 0 Å². The van der Waals surface area contributed by atoms with Gasteiger partial charge in [0.25, 0.3) is 0 Å². The lowest BCUT2D eigenvalue weighted by Gasteiger charge is -2.45. The quantitative estimate of drug-likeness (QED) is 0.166. The van der Waals surface area contributed by atoms with Crippen molar-refractivity contribution in [3.63, 3.8) is 0 Å². The van der Waals surface area contributed by atoms with Crippen LogP contribution in [-0.4, -0.2) is 66.7 Å². The van der Waals surface area contributed by atoms with E-state index in [9.17, 15) is 74.6 Å². The molecule has 1 saturated carbocycles. The van der Waals surface area contributed by atoms with Crippen LogP contribution in [0.2, 0.25) is 0 Å². The molecule has 0 spiro atoms. The minimum atomic E-state index is -8.33. The lowest BCUT2D eigenvalue weighted by atomic mass is 9.82. The summed E-state index contributed by atoms with van der Waals surface area (Å²) in [5.41, 5.74) is 0. The lowest BCUT2D eigenvalue weighted by molar-refractivity contribution is -0.446. The molecular formula is C10H4Cl3F17Si. The molecule has 1 aliphatic carbocycles. The first-order valence-corrected chi connectivity index (χ1v) is 11.9. The van der Waals surface area contributed by atoms with Gasteiger partial charge in [-0.05, 0) is 0 Å². The molecule has 0 amide bonds. The molecular weight excluding hydrogens is 578 g/mol. The topological polar surface area (TPSA) is 0 Å². The Morgan fingerprint density at radius 2 is 0.710 bits per heavy atom. The largest absolute Gasteiger partial charge is 0.384 e. The van der Waals surface area contributed by atoms with Gasteiger partial charge in [-0.1, -0.05) is 0 Å². The van der Waals surface area contributed by atoms with Gasteiger partial charge >= 0.3 is 48.2 Å². The van der Waals surface area contributed by atoms with Crippen molar-refractivity contribution in [1.29, 1.82) is 0 Å². The fraction of sp³-hybridized carbons (Fsp3) is 1.00. The molecule has 21 heteroatoms. The molecule has 1 aliphatic rings. The molecule has 188 valence electrons. The van der Waals surface area contributed by atoms with E-state index in [1.165, 1.54) is 0 Å². The summed E-state index contributed by atoms with van der Waals surface area (Å²) in [4.78, 5) is 0. The van der Waals surface area contributed by atoms with Crippen molar-refractivity contribution < 1.29 is 74.6 Å². The maximum atomic E-state index is 13.1. The highest BCUT2D eigenvalue weighted by atomic mass is 35.8. The standard InChI is InChI=1S/C10H3F17.Cl3HSi/c11-1-2(12)5(16,17)7(20,21)9(24,25)10(26,27)8(22,23)6(18,19)3(13)4(1,14)15;1-4(2)3/h1-3H;4H. The second-order valence-electron chi connectivity index (χ2n) is 5.63. The molecule has 3 atom stereocenters. The molecule has 0 bridgehead atoms. The SMILES string of the molecule is Cl[SiH](Cl)Cl.FC1C(F)C(F)(F)C(F)(F)C(F)(F)C(F)(F)C(F)(F)C(F)(F)C(F)C1(F)F. The molecule has 0 aromatic carbocycles. The Balaban J connectivity index is 0.00000206. The highest BCUT2D eigenvalue weighted by Gasteiger charge is 2.94. The molecule has 0 aromatic heterocycles. The zero-order valence-electron chi connectivity index (χ0n) is 13.4. The van der Waals surface area contributed by atoms with E-state index >= 15 is 0 Å². The monoisotopic (exact) mass is 580 g/mol. The second-order valence-corrected chi connectivity index (χ2v) is 12.1. The summed E-state index contributed by atoms with van der Waals surface area (Å²) < 4.78 is 222. The Morgan fingerprint density at radius 3 is 1.00 bits per heavy atom. The van der Waals surface area contributed by atoms with E-state index < -0.39 is 66.7 Å². The van der Waals surface area contributed by atoms with E-state index in [1.807, 2.05) is 0 Å². The van der Waals surface area contributed by atoms with Gasteiger partial charge in [0.2, 0.25) is 18.5 Å². The average Bonchev–Trinajstić information content (AvgIpc) is 2.57. The van der Waals surface area contributed by atoms with Gasteiger partial charge in [0.15, 0.2) is 0 Å². The third-order valence-electron chi connectivity index (χ3n) is 3.65. The van der Waals surface area contributed by atoms with Gasteiger partial charge < -0.3 is 0 Å². The van der Waals surface area contributed by atoms with Gasteiger partial charge in [-0.2, -0.15) is 61.5 Å². The minimum absolute atomic E-state index is 1.72. The van der Waals surface area contributed by atoms with Crippen molar-refractivity contribution in [3.8, 4) is 0 Å². The Bertz CT molecular complexity index is 635. The van der Waals surface area contributed by atoms with Crippen LogP contribution >= 0.6 is 33.2 Å². The van der Waals surface area contributed by atoms with Crippen LogP contribution < -0.4 is 0 Å². The Kier molecular flexibility index (Phi) is 8.57. The Hall–Kier alpha value is -0.103. The molecule has 0 heterocycles. The molecule has 0 N–H and O–H groups in total. The van der Waals surface area contributed by atoms with Crippen molar-refractivity contribution in [2.45, 2.75) is 60.0 Å². The summed E-state index contributed by atoms with van der Waals surface area (Å²) in [7, 11) is 0. The van der Waals surface area contributed by atoms with Crippen LogP contribution in [0.1, 0.15) is 0 Å². The van der Waals surface area contributed by atoms with E-state index in [4.69, 9.17) is 33.2 Å². The smallest absolute Gasteiger partial charge is 0.237 e. The van der Waals surface area contributed by atoms with E-state index in [1.54, 1.807) is 0 Å². The van der Waals surface area contributed by atoms with Crippen LogP contribution in [0.5, 0.6) is 0 Å².